The smallest absolute Gasteiger partial charge is 0.416 e. The van der Waals surface area contributed by atoms with E-state index in [1.807, 2.05) is 0 Å². The van der Waals surface area contributed by atoms with Crippen LogP contribution >= 0.6 is 0 Å². The van der Waals surface area contributed by atoms with E-state index in [0.717, 1.165) is 12.1 Å². The topological polar surface area (TPSA) is 111 Å². The standard InChI is InChI=1S/C13H6F3NO6/c14-13(15,16)6-3-8(12(19)20)11(9(4-6)17(21)22)10-2-1-7(5-18)23-10/h1-5H,(H,19,20). The molecule has 2 rings (SSSR count). The normalized spacial score (nSPS) is 11.3. The lowest BCUT2D eigenvalue weighted by Gasteiger charge is -2.11. The molecular weight excluding hydrogens is 323 g/mol. The van der Waals surface area contributed by atoms with Crippen molar-refractivity contribution in [2.24, 2.45) is 0 Å². The molecule has 1 heterocycles. The van der Waals surface area contributed by atoms with Gasteiger partial charge in [-0.15, -0.1) is 0 Å². The Morgan fingerprint density at radius 2 is 1.96 bits per heavy atom. The third-order valence-electron chi connectivity index (χ3n) is 2.86. The molecule has 0 spiro atoms. The van der Waals surface area contributed by atoms with E-state index in [2.05, 4.69) is 0 Å². The Balaban J connectivity index is 2.85. The molecular formula is C13H6F3NO6. The highest BCUT2D eigenvalue weighted by Gasteiger charge is 2.36. The van der Waals surface area contributed by atoms with Gasteiger partial charge in [0.2, 0.25) is 0 Å². The molecule has 0 saturated carbocycles. The molecule has 0 amide bonds. The minimum absolute atomic E-state index is 0.213. The van der Waals surface area contributed by atoms with Gasteiger partial charge in [-0.1, -0.05) is 0 Å². The Hall–Kier alpha value is -3.17. The Morgan fingerprint density at radius 1 is 1.30 bits per heavy atom. The number of nitro groups is 1. The van der Waals surface area contributed by atoms with Crippen LogP contribution in [0.1, 0.15) is 26.5 Å². The van der Waals surface area contributed by atoms with Gasteiger partial charge in [0, 0.05) is 6.07 Å². The number of benzene rings is 1. The van der Waals surface area contributed by atoms with Crippen molar-refractivity contribution in [1.29, 1.82) is 0 Å². The van der Waals surface area contributed by atoms with Crippen LogP contribution < -0.4 is 0 Å². The molecule has 0 atom stereocenters. The maximum absolute atomic E-state index is 12.8. The zero-order chi connectivity index (χ0) is 17.4. The first-order valence-corrected chi connectivity index (χ1v) is 5.83. The van der Waals surface area contributed by atoms with Gasteiger partial charge >= 0.3 is 12.1 Å². The fraction of sp³-hybridized carbons (Fsp3) is 0.0769. The minimum Gasteiger partial charge on any atom is -0.478 e. The predicted molar refractivity (Wildman–Crippen MR) is 68.1 cm³/mol. The van der Waals surface area contributed by atoms with Gasteiger partial charge in [0.1, 0.15) is 11.3 Å². The Labute approximate surface area is 125 Å². The fourth-order valence-electron chi connectivity index (χ4n) is 1.91. The molecule has 23 heavy (non-hydrogen) atoms. The molecule has 0 aliphatic rings. The molecule has 0 fully saturated rings. The van der Waals surface area contributed by atoms with Gasteiger partial charge in [-0.2, -0.15) is 13.2 Å². The molecule has 0 aliphatic carbocycles. The lowest BCUT2D eigenvalue weighted by atomic mass is 9.99. The number of nitro benzene ring substituents is 1. The fourth-order valence-corrected chi connectivity index (χ4v) is 1.91. The van der Waals surface area contributed by atoms with Gasteiger partial charge < -0.3 is 9.52 Å². The zero-order valence-electron chi connectivity index (χ0n) is 11.0. The first-order valence-electron chi connectivity index (χ1n) is 5.83. The van der Waals surface area contributed by atoms with Crippen LogP contribution in [0.2, 0.25) is 0 Å². The van der Waals surface area contributed by atoms with Crippen LogP contribution in [0, 0.1) is 10.1 Å². The summed E-state index contributed by atoms with van der Waals surface area (Å²) in [6, 6.07) is 2.65. The van der Waals surface area contributed by atoms with Gasteiger partial charge in [0.25, 0.3) is 5.69 Å². The molecule has 7 nitrogen and oxygen atoms in total. The quantitative estimate of drug-likeness (QED) is 0.523. The molecule has 0 saturated heterocycles. The number of alkyl halides is 3. The van der Waals surface area contributed by atoms with Gasteiger partial charge in [-0.25, -0.2) is 4.79 Å². The summed E-state index contributed by atoms with van der Waals surface area (Å²) in [5.41, 5.74) is -4.18. The van der Waals surface area contributed by atoms with E-state index in [1.165, 1.54) is 0 Å². The Kier molecular flexibility index (Phi) is 3.91. The Bertz CT molecular complexity index is 773. The van der Waals surface area contributed by atoms with E-state index in [9.17, 15) is 32.9 Å². The van der Waals surface area contributed by atoms with E-state index in [-0.39, 0.29) is 24.2 Å². The first kappa shape index (κ1) is 16.2. The highest BCUT2D eigenvalue weighted by molar-refractivity contribution is 5.98. The van der Waals surface area contributed by atoms with Crippen molar-refractivity contribution < 1.29 is 37.2 Å². The summed E-state index contributed by atoms with van der Waals surface area (Å²) in [5, 5.41) is 20.1. The predicted octanol–water partition coefficient (Wildman–Crippen LogP) is 3.38. The minimum atomic E-state index is -4.97. The van der Waals surface area contributed by atoms with Crippen molar-refractivity contribution in [3.05, 3.63) is 51.3 Å². The summed E-state index contributed by atoms with van der Waals surface area (Å²) < 4.78 is 43.3. The number of nitrogens with zero attached hydrogens (tertiary/aromatic N) is 1. The monoisotopic (exact) mass is 329 g/mol. The molecule has 10 heteroatoms. The van der Waals surface area contributed by atoms with E-state index in [0.29, 0.717) is 0 Å². The second-order valence-electron chi connectivity index (χ2n) is 4.30. The summed E-state index contributed by atoms with van der Waals surface area (Å²) in [6.45, 7) is 0. The zero-order valence-corrected chi connectivity index (χ0v) is 11.0. The number of hydrogen-bond acceptors (Lipinski definition) is 5. The second-order valence-corrected chi connectivity index (χ2v) is 4.30. The van der Waals surface area contributed by atoms with Crippen LogP contribution in [0.3, 0.4) is 0 Å². The lowest BCUT2D eigenvalue weighted by Crippen LogP contribution is -2.10. The van der Waals surface area contributed by atoms with Crippen molar-refractivity contribution in [3.8, 4) is 11.3 Å². The largest absolute Gasteiger partial charge is 0.478 e. The van der Waals surface area contributed by atoms with Crippen LogP contribution in [0.4, 0.5) is 18.9 Å². The maximum atomic E-state index is 12.8. The first-order chi connectivity index (χ1) is 10.6. The summed E-state index contributed by atoms with van der Waals surface area (Å²) in [7, 11) is 0. The number of carboxylic acids is 1. The number of aldehydes is 1. The van der Waals surface area contributed by atoms with Crippen molar-refractivity contribution in [2.75, 3.05) is 0 Å². The summed E-state index contributed by atoms with van der Waals surface area (Å²) in [6.07, 6.45) is -4.70. The second kappa shape index (κ2) is 5.55. The van der Waals surface area contributed by atoms with E-state index in [1.54, 1.807) is 0 Å². The van der Waals surface area contributed by atoms with Crippen molar-refractivity contribution in [1.82, 2.24) is 0 Å². The van der Waals surface area contributed by atoms with E-state index >= 15 is 0 Å². The van der Waals surface area contributed by atoms with Crippen LogP contribution in [0.15, 0.2) is 28.7 Å². The number of halogens is 3. The molecule has 120 valence electrons. The molecule has 1 N–H and O–H groups in total. The molecule has 0 radical (unpaired) electrons. The number of carbonyl (C=O) groups excluding carboxylic acids is 1. The average Bonchev–Trinajstić information content (AvgIpc) is 2.93. The number of furan rings is 1. The van der Waals surface area contributed by atoms with E-state index in [4.69, 9.17) is 9.52 Å². The average molecular weight is 329 g/mol. The van der Waals surface area contributed by atoms with E-state index < -0.39 is 45.2 Å². The van der Waals surface area contributed by atoms with Crippen molar-refractivity contribution >= 4 is 17.9 Å². The van der Waals surface area contributed by atoms with Gasteiger partial charge in [-0.05, 0) is 18.2 Å². The van der Waals surface area contributed by atoms with Crippen LogP contribution in [-0.2, 0) is 6.18 Å². The molecule has 1 aromatic heterocycles. The number of carboxylic acid groups (broad SMARTS) is 1. The highest BCUT2D eigenvalue weighted by Crippen LogP contribution is 2.40. The van der Waals surface area contributed by atoms with Crippen LogP contribution in [0.5, 0.6) is 0 Å². The van der Waals surface area contributed by atoms with Crippen LogP contribution in [0.25, 0.3) is 11.3 Å². The summed E-state index contributed by atoms with van der Waals surface area (Å²) in [5.74, 6) is -2.46. The molecule has 0 unspecified atom stereocenters. The molecule has 2 aromatic rings. The van der Waals surface area contributed by atoms with Gasteiger partial charge in [0.15, 0.2) is 12.0 Å². The number of hydrogen-bond donors (Lipinski definition) is 1. The summed E-state index contributed by atoms with van der Waals surface area (Å²) in [4.78, 5) is 31.7. The Morgan fingerprint density at radius 3 is 2.39 bits per heavy atom. The van der Waals surface area contributed by atoms with Crippen molar-refractivity contribution in [2.45, 2.75) is 6.18 Å². The van der Waals surface area contributed by atoms with Crippen LogP contribution in [-0.4, -0.2) is 22.3 Å². The molecule has 0 aliphatic heterocycles. The molecule has 1 aromatic carbocycles. The van der Waals surface area contributed by atoms with Crippen molar-refractivity contribution in [3.63, 3.8) is 0 Å². The number of carbonyl (C=O) groups is 2. The summed E-state index contributed by atoms with van der Waals surface area (Å²) >= 11 is 0. The van der Waals surface area contributed by atoms with Gasteiger partial charge in [-0.3, -0.25) is 14.9 Å². The number of rotatable bonds is 4. The molecule has 0 bridgehead atoms. The highest BCUT2D eigenvalue weighted by atomic mass is 19.4. The third-order valence-corrected chi connectivity index (χ3v) is 2.86. The SMILES string of the molecule is O=Cc1ccc(-c2c(C(=O)O)cc(C(F)(F)F)cc2[N+](=O)[O-])o1. The van der Waals surface area contributed by atoms with Gasteiger partial charge in [0.05, 0.1) is 16.1 Å². The third kappa shape index (κ3) is 3.05. The maximum Gasteiger partial charge on any atom is 0.416 e. The lowest BCUT2D eigenvalue weighted by molar-refractivity contribution is -0.384. The number of aromatic carboxylic acids is 1.